The maximum atomic E-state index is 11.2. The van der Waals surface area contributed by atoms with Crippen LogP contribution in [0, 0.1) is 0 Å². The lowest BCUT2D eigenvalue weighted by Crippen LogP contribution is -2.05. The van der Waals surface area contributed by atoms with Gasteiger partial charge in [0, 0.05) is 5.57 Å². The Bertz CT molecular complexity index is 454. The maximum absolute atomic E-state index is 11.2. The monoisotopic (exact) mass is 416 g/mol. The van der Waals surface area contributed by atoms with Crippen LogP contribution in [0.25, 0.3) is 0 Å². The Balaban J connectivity index is 0.00000118. The van der Waals surface area contributed by atoms with Gasteiger partial charge < -0.3 is 4.74 Å². The maximum Gasteiger partial charge on any atom is 0.333 e. The minimum atomic E-state index is -0.254. The van der Waals surface area contributed by atoms with Gasteiger partial charge in [-0.1, -0.05) is 146 Å². The molecule has 0 aliphatic rings. The van der Waals surface area contributed by atoms with Crippen LogP contribution < -0.4 is 0 Å². The number of carbonyl (C=O) groups excluding carboxylic acids is 1. The third-order valence-electron chi connectivity index (χ3n) is 5.25. The zero-order valence-corrected chi connectivity index (χ0v) is 20.0. The molecule has 1 aromatic carbocycles. The summed E-state index contributed by atoms with van der Waals surface area (Å²) in [7, 11) is 0. The highest BCUT2D eigenvalue weighted by atomic mass is 16.5. The summed E-state index contributed by atoms with van der Waals surface area (Å²) in [4.78, 5) is 11.2. The number of esters is 1. The van der Waals surface area contributed by atoms with Gasteiger partial charge in [0.25, 0.3) is 0 Å². The number of rotatable bonds is 18. The van der Waals surface area contributed by atoms with Crippen LogP contribution in [0.2, 0.25) is 0 Å². The quantitative estimate of drug-likeness (QED) is 0.135. The van der Waals surface area contributed by atoms with Gasteiger partial charge in [0.05, 0.1) is 6.61 Å². The van der Waals surface area contributed by atoms with Crippen molar-refractivity contribution in [2.24, 2.45) is 0 Å². The minimum absolute atomic E-state index is 0.254. The van der Waals surface area contributed by atoms with Crippen molar-refractivity contribution in [2.75, 3.05) is 6.61 Å². The number of benzene rings is 1. The fourth-order valence-corrected chi connectivity index (χ4v) is 3.32. The van der Waals surface area contributed by atoms with Crippen molar-refractivity contribution >= 4 is 5.97 Å². The lowest BCUT2D eigenvalue weighted by Gasteiger charge is -2.05. The highest BCUT2D eigenvalue weighted by Crippen LogP contribution is 2.13. The predicted octanol–water partition coefficient (Wildman–Crippen LogP) is 9.05. The summed E-state index contributed by atoms with van der Waals surface area (Å²) in [6.45, 7) is 8.09. The molecule has 0 aromatic heterocycles. The molecule has 2 nitrogen and oxygen atoms in total. The van der Waals surface area contributed by atoms with E-state index in [1.165, 1.54) is 96.3 Å². The van der Waals surface area contributed by atoms with E-state index in [4.69, 9.17) is 4.74 Å². The second-order valence-corrected chi connectivity index (χ2v) is 8.37. The van der Waals surface area contributed by atoms with Crippen LogP contribution in [0.4, 0.5) is 0 Å². The molecule has 0 radical (unpaired) electrons. The topological polar surface area (TPSA) is 26.3 Å². The fourth-order valence-electron chi connectivity index (χ4n) is 3.32. The van der Waals surface area contributed by atoms with Crippen molar-refractivity contribution in [1.82, 2.24) is 0 Å². The normalized spacial score (nSPS) is 10.2. The molecular formula is C28H48O2. The molecule has 0 heterocycles. The first-order valence-corrected chi connectivity index (χ1v) is 12.5. The second-order valence-electron chi connectivity index (χ2n) is 8.37. The molecule has 0 aliphatic carbocycles. The molecule has 0 atom stereocenters. The fraction of sp³-hybridized carbons (Fsp3) is 0.679. The predicted molar refractivity (Wildman–Crippen MR) is 132 cm³/mol. The van der Waals surface area contributed by atoms with Crippen molar-refractivity contribution in [1.29, 1.82) is 0 Å². The van der Waals surface area contributed by atoms with Crippen LogP contribution >= 0.6 is 0 Å². The highest BCUT2D eigenvalue weighted by molar-refractivity contribution is 5.86. The van der Waals surface area contributed by atoms with Gasteiger partial charge in [-0.2, -0.15) is 0 Å². The molecule has 2 heteroatoms. The van der Waals surface area contributed by atoms with Gasteiger partial charge in [-0.15, -0.1) is 0 Å². The summed E-state index contributed by atoms with van der Waals surface area (Å²) >= 11 is 0. The van der Waals surface area contributed by atoms with Crippen molar-refractivity contribution < 1.29 is 9.53 Å². The van der Waals surface area contributed by atoms with E-state index >= 15 is 0 Å². The number of hydrogen-bond acceptors (Lipinski definition) is 2. The van der Waals surface area contributed by atoms with E-state index in [-0.39, 0.29) is 5.97 Å². The third-order valence-corrected chi connectivity index (χ3v) is 5.25. The van der Waals surface area contributed by atoms with Crippen molar-refractivity contribution in [3.63, 3.8) is 0 Å². The molecule has 30 heavy (non-hydrogen) atoms. The van der Waals surface area contributed by atoms with Crippen molar-refractivity contribution in [2.45, 2.75) is 117 Å². The van der Waals surface area contributed by atoms with E-state index in [0.29, 0.717) is 12.2 Å². The van der Waals surface area contributed by atoms with E-state index in [1.807, 2.05) is 36.4 Å². The van der Waals surface area contributed by atoms with Gasteiger partial charge in [-0.05, 0) is 13.3 Å². The van der Waals surface area contributed by atoms with E-state index in [0.717, 1.165) is 6.42 Å². The molecule has 172 valence electrons. The Kier molecular flexibility index (Phi) is 22.5. The van der Waals surface area contributed by atoms with Gasteiger partial charge in [0.2, 0.25) is 0 Å². The van der Waals surface area contributed by atoms with Gasteiger partial charge in [0.15, 0.2) is 0 Å². The lowest BCUT2D eigenvalue weighted by atomic mass is 10.0. The first-order valence-electron chi connectivity index (χ1n) is 12.5. The van der Waals surface area contributed by atoms with Gasteiger partial charge >= 0.3 is 5.97 Å². The van der Waals surface area contributed by atoms with Crippen LogP contribution in [0.5, 0.6) is 0 Å². The van der Waals surface area contributed by atoms with E-state index < -0.39 is 0 Å². The number of ether oxygens (including phenoxy) is 1. The molecule has 0 bridgehead atoms. The Labute approximate surface area is 187 Å². The second kappa shape index (κ2) is 23.7. The molecular weight excluding hydrogens is 368 g/mol. The van der Waals surface area contributed by atoms with Crippen molar-refractivity contribution in [3.05, 3.63) is 48.6 Å². The summed E-state index contributed by atoms with van der Waals surface area (Å²) in [5, 5.41) is 0. The molecule has 0 N–H and O–H groups in total. The van der Waals surface area contributed by atoms with Crippen LogP contribution in [0.1, 0.15) is 117 Å². The van der Waals surface area contributed by atoms with Crippen molar-refractivity contribution in [3.8, 4) is 0 Å². The SMILES string of the molecule is C=C(C)C(=O)OCCCCCCCCCCCCCCCCCC.c1ccccc1. The first kappa shape index (κ1) is 28.4. The van der Waals surface area contributed by atoms with E-state index in [1.54, 1.807) is 6.92 Å². The van der Waals surface area contributed by atoms with E-state index in [9.17, 15) is 4.79 Å². The van der Waals surface area contributed by atoms with Crippen LogP contribution in [0.15, 0.2) is 48.6 Å². The number of carbonyl (C=O) groups is 1. The third kappa shape index (κ3) is 22.7. The van der Waals surface area contributed by atoms with Crippen LogP contribution in [-0.2, 0) is 9.53 Å². The summed E-state index contributed by atoms with van der Waals surface area (Å²) in [5.41, 5.74) is 0.492. The molecule has 0 amide bonds. The van der Waals surface area contributed by atoms with Crippen LogP contribution in [-0.4, -0.2) is 12.6 Å². The summed E-state index contributed by atoms with van der Waals surface area (Å²) in [6, 6.07) is 12.0. The molecule has 1 rings (SSSR count). The zero-order valence-electron chi connectivity index (χ0n) is 20.0. The van der Waals surface area contributed by atoms with Crippen LogP contribution in [0.3, 0.4) is 0 Å². The lowest BCUT2D eigenvalue weighted by molar-refractivity contribution is -0.139. The summed E-state index contributed by atoms with van der Waals surface area (Å²) in [5.74, 6) is -0.254. The highest BCUT2D eigenvalue weighted by Gasteiger charge is 2.01. The Hall–Kier alpha value is -1.57. The Morgan fingerprint density at radius 3 is 1.20 bits per heavy atom. The molecule has 0 fully saturated rings. The molecule has 1 aromatic rings. The minimum Gasteiger partial charge on any atom is -0.462 e. The molecule has 0 spiro atoms. The first-order chi connectivity index (χ1) is 14.7. The summed E-state index contributed by atoms with van der Waals surface area (Å²) in [6.07, 6.45) is 21.7. The average Bonchev–Trinajstić information content (AvgIpc) is 2.77. The van der Waals surface area contributed by atoms with E-state index in [2.05, 4.69) is 13.5 Å². The zero-order chi connectivity index (χ0) is 22.1. The van der Waals surface area contributed by atoms with Gasteiger partial charge in [-0.3, -0.25) is 0 Å². The molecule has 0 unspecified atom stereocenters. The Morgan fingerprint density at radius 1 is 0.600 bits per heavy atom. The average molecular weight is 417 g/mol. The van der Waals surface area contributed by atoms with Gasteiger partial charge in [0.1, 0.15) is 0 Å². The van der Waals surface area contributed by atoms with Gasteiger partial charge in [-0.25, -0.2) is 4.79 Å². The smallest absolute Gasteiger partial charge is 0.333 e. The standard InChI is InChI=1S/C22H42O2.C6H6/c1-4-5-6-7-8-9-10-11-12-13-14-15-16-17-18-19-20-24-22(23)21(2)3;1-2-4-6-5-3-1/h2,4-20H2,1,3H3;1-6H. The molecule has 0 saturated heterocycles. The number of hydrogen-bond donors (Lipinski definition) is 0. The molecule has 0 aliphatic heterocycles. The molecule has 0 saturated carbocycles. The Morgan fingerprint density at radius 2 is 0.900 bits per heavy atom. The number of unbranched alkanes of at least 4 members (excludes halogenated alkanes) is 15. The largest absolute Gasteiger partial charge is 0.462 e. The summed E-state index contributed by atoms with van der Waals surface area (Å²) < 4.78 is 5.08.